The zero-order valence-corrected chi connectivity index (χ0v) is 28.2. The average Bonchev–Trinajstić information content (AvgIpc) is 3.10. The highest BCUT2D eigenvalue weighted by molar-refractivity contribution is 5.76. The van der Waals surface area contributed by atoms with Crippen LogP contribution < -0.4 is 0 Å². The van der Waals surface area contributed by atoms with E-state index in [1.165, 1.54) is 0 Å². The minimum Gasteiger partial charge on any atom is -0.458 e. The Morgan fingerprint density at radius 2 is 1.08 bits per heavy atom. The molecule has 5 rings (SSSR count). The Hall–Kier alpha value is -3.93. The van der Waals surface area contributed by atoms with Crippen molar-refractivity contribution in [2.45, 2.75) is 89.1 Å². The standard InChI is InChI=1S/C40H46O9/c1-39(2,3)49-38(42)36(41)40(43)37(47-27-32-22-14-7-15-23-32)35(46-26-31-20-12-6-13-21-31)34(45-25-30-18-10-5-11-19-30)33(48-40)28-44-24-29-16-8-4-9-17-29/h4-23,33-37,41,43H,24-28H2,1-3H3/t33-,34-,35+,36+,37-,40+/m1/s1. The Bertz CT molecular complexity index is 1550. The third-order valence-corrected chi connectivity index (χ3v) is 7.99. The first-order valence-electron chi connectivity index (χ1n) is 16.5. The zero-order chi connectivity index (χ0) is 34.7. The molecular formula is C40H46O9. The summed E-state index contributed by atoms with van der Waals surface area (Å²) in [6, 6.07) is 38.2. The summed E-state index contributed by atoms with van der Waals surface area (Å²) < 4.78 is 37.5. The highest BCUT2D eigenvalue weighted by Crippen LogP contribution is 2.38. The third-order valence-electron chi connectivity index (χ3n) is 7.99. The molecule has 9 heteroatoms. The highest BCUT2D eigenvalue weighted by atomic mass is 16.7. The van der Waals surface area contributed by atoms with Crippen molar-refractivity contribution in [3.63, 3.8) is 0 Å². The Labute approximate surface area is 288 Å². The van der Waals surface area contributed by atoms with Crippen LogP contribution in [0.25, 0.3) is 0 Å². The summed E-state index contributed by atoms with van der Waals surface area (Å²) in [5.41, 5.74) is 2.56. The van der Waals surface area contributed by atoms with E-state index in [0.29, 0.717) is 0 Å². The fourth-order valence-corrected chi connectivity index (χ4v) is 5.63. The number of hydrogen-bond donors (Lipinski definition) is 2. The predicted molar refractivity (Wildman–Crippen MR) is 183 cm³/mol. The van der Waals surface area contributed by atoms with E-state index in [1.807, 2.05) is 121 Å². The van der Waals surface area contributed by atoms with Crippen LogP contribution in [0.1, 0.15) is 43.0 Å². The van der Waals surface area contributed by atoms with E-state index in [0.717, 1.165) is 22.3 Å². The molecule has 0 amide bonds. The molecule has 0 spiro atoms. The highest BCUT2D eigenvalue weighted by Gasteiger charge is 2.62. The molecule has 1 fully saturated rings. The molecule has 4 aromatic rings. The fraction of sp³-hybridized carbons (Fsp3) is 0.375. The molecule has 0 unspecified atom stereocenters. The van der Waals surface area contributed by atoms with Crippen LogP contribution in [0, 0.1) is 0 Å². The van der Waals surface area contributed by atoms with Gasteiger partial charge in [-0.05, 0) is 43.0 Å². The number of rotatable bonds is 15. The maximum absolute atomic E-state index is 13.4. The first-order valence-corrected chi connectivity index (χ1v) is 16.5. The number of aliphatic hydroxyl groups is 2. The summed E-state index contributed by atoms with van der Waals surface area (Å²) in [5, 5.41) is 24.0. The molecule has 2 N–H and O–H groups in total. The second-order valence-electron chi connectivity index (χ2n) is 13.1. The first-order chi connectivity index (χ1) is 23.6. The second-order valence-corrected chi connectivity index (χ2v) is 13.1. The lowest BCUT2D eigenvalue weighted by Gasteiger charge is -2.51. The second kappa shape index (κ2) is 17.1. The van der Waals surface area contributed by atoms with Crippen LogP contribution in [0.4, 0.5) is 0 Å². The van der Waals surface area contributed by atoms with Crippen molar-refractivity contribution in [1.29, 1.82) is 0 Å². The molecule has 0 bridgehead atoms. The van der Waals surface area contributed by atoms with Crippen LogP contribution in [0.15, 0.2) is 121 Å². The Kier molecular flexibility index (Phi) is 12.7. The minimum atomic E-state index is -2.62. The van der Waals surface area contributed by atoms with E-state index in [1.54, 1.807) is 20.8 Å². The van der Waals surface area contributed by atoms with Crippen LogP contribution in [-0.4, -0.2) is 64.7 Å². The fourth-order valence-electron chi connectivity index (χ4n) is 5.63. The molecule has 1 aliphatic rings. The maximum atomic E-state index is 13.4. The van der Waals surface area contributed by atoms with Gasteiger partial charge in [-0.25, -0.2) is 4.79 Å². The molecule has 1 saturated heterocycles. The van der Waals surface area contributed by atoms with Crippen LogP contribution in [0.3, 0.4) is 0 Å². The average molecular weight is 671 g/mol. The number of aliphatic hydroxyl groups excluding tert-OH is 1. The minimum absolute atomic E-state index is 0.0178. The molecule has 9 nitrogen and oxygen atoms in total. The quantitative estimate of drug-likeness (QED) is 0.153. The van der Waals surface area contributed by atoms with Gasteiger partial charge in [0.2, 0.25) is 11.9 Å². The predicted octanol–water partition coefficient (Wildman–Crippen LogP) is 5.75. The van der Waals surface area contributed by atoms with Gasteiger partial charge in [0.15, 0.2) is 0 Å². The number of carbonyl (C=O) groups excluding carboxylic acids is 1. The van der Waals surface area contributed by atoms with Crippen molar-refractivity contribution >= 4 is 5.97 Å². The van der Waals surface area contributed by atoms with E-state index >= 15 is 0 Å². The van der Waals surface area contributed by atoms with Gasteiger partial charge in [-0.15, -0.1) is 0 Å². The maximum Gasteiger partial charge on any atom is 0.341 e. The number of carbonyl (C=O) groups is 1. The number of ether oxygens (including phenoxy) is 6. The van der Waals surface area contributed by atoms with Crippen LogP contribution in [0.2, 0.25) is 0 Å². The van der Waals surface area contributed by atoms with Crippen LogP contribution in [-0.2, 0) is 59.6 Å². The molecular weight excluding hydrogens is 624 g/mol. The molecule has 0 saturated carbocycles. The van der Waals surface area contributed by atoms with Gasteiger partial charge in [0.05, 0.1) is 33.0 Å². The molecule has 260 valence electrons. The molecule has 4 aromatic carbocycles. The lowest BCUT2D eigenvalue weighted by atomic mass is 9.88. The van der Waals surface area contributed by atoms with E-state index in [9.17, 15) is 15.0 Å². The SMILES string of the molecule is CC(C)(C)OC(=O)[C@H](O)[C@]1(O)O[C@H](COCc2ccccc2)[C@@H](OCc2ccccc2)[C@H](OCc2ccccc2)[C@H]1OCc1ccccc1. The van der Waals surface area contributed by atoms with Gasteiger partial charge in [0, 0.05) is 0 Å². The summed E-state index contributed by atoms with van der Waals surface area (Å²) in [6.07, 6.45) is -6.50. The van der Waals surface area contributed by atoms with Crippen LogP contribution in [0.5, 0.6) is 0 Å². The van der Waals surface area contributed by atoms with E-state index < -0.39 is 47.9 Å². The molecule has 1 heterocycles. The van der Waals surface area contributed by atoms with Gasteiger partial charge in [0.25, 0.3) is 0 Å². The van der Waals surface area contributed by atoms with Crippen molar-refractivity contribution in [3.05, 3.63) is 144 Å². The summed E-state index contributed by atoms with van der Waals surface area (Å²) >= 11 is 0. The number of benzene rings is 4. The topological polar surface area (TPSA) is 113 Å². The summed E-state index contributed by atoms with van der Waals surface area (Å²) in [5.74, 6) is -3.69. The van der Waals surface area contributed by atoms with E-state index in [2.05, 4.69) is 0 Å². The molecule has 0 radical (unpaired) electrons. The van der Waals surface area contributed by atoms with Crippen molar-refractivity contribution in [1.82, 2.24) is 0 Å². The summed E-state index contributed by atoms with van der Waals surface area (Å²) in [6.45, 7) is 5.54. The van der Waals surface area contributed by atoms with Gasteiger partial charge >= 0.3 is 5.97 Å². The molecule has 6 atom stereocenters. The van der Waals surface area contributed by atoms with Gasteiger partial charge in [0.1, 0.15) is 30.0 Å². The van der Waals surface area contributed by atoms with E-state index in [4.69, 9.17) is 28.4 Å². The van der Waals surface area contributed by atoms with Gasteiger partial charge in [-0.2, -0.15) is 0 Å². The largest absolute Gasteiger partial charge is 0.458 e. The Morgan fingerprint density at radius 3 is 1.53 bits per heavy atom. The molecule has 0 aromatic heterocycles. The Balaban J connectivity index is 1.53. The lowest BCUT2D eigenvalue weighted by Crippen LogP contribution is -2.72. The Morgan fingerprint density at radius 1 is 0.673 bits per heavy atom. The number of hydrogen-bond acceptors (Lipinski definition) is 9. The van der Waals surface area contributed by atoms with Crippen molar-refractivity contribution in [2.24, 2.45) is 0 Å². The van der Waals surface area contributed by atoms with Gasteiger partial charge < -0.3 is 38.6 Å². The van der Waals surface area contributed by atoms with Gasteiger partial charge in [-0.1, -0.05) is 121 Å². The van der Waals surface area contributed by atoms with Crippen molar-refractivity contribution < 1.29 is 43.4 Å². The molecule has 1 aliphatic heterocycles. The normalized spacial score (nSPS) is 23.1. The van der Waals surface area contributed by atoms with Crippen molar-refractivity contribution in [2.75, 3.05) is 6.61 Å². The van der Waals surface area contributed by atoms with Gasteiger partial charge in [-0.3, -0.25) is 0 Å². The zero-order valence-electron chi connectivity index (χ0n) is 28.2. The monoisotopic (exact) mass is 670 g/mol. The van der Waals surface area contributed by atoms with E-state index in [-0.39, 0.29) is 33.0 Å². The molecule has 0 aliphatic carbocycles. The summed E-state index contributed by atoms with van der Waals surface area (Å²) in [4.78, 5) is 13.4. The smallest absolute Gasteiger partial charge is 0.341 e. The first kappa shape index (κ1) is 36.4. The summed E-state index contributed by atoms with van der Waals surface area (Å²) in [7, 11) is 0. The molecule has 49 heavy (non-hydrogen) atoms. The third kappa shape index (κ3) is 10.3. The lowest BCUT2D eigenvalue weighted by molar-refractivity contribution is -0.390. The van der Waals surface area contributed by atoms with Crippen LogP contribution >= 0.6 is 0 Å². The number of esters is 1. The van der Waals surface area contributed by atoms with Crippen molar-refractivity contribution in [3.8, 4) is 0 Å².